The Labute approximate surface area is 158 Å². The smallest absolute Gasteiger partial charge is 0.272 e. The number of hydrogen-bond donors (Lipinski definition) is 3. The van der Waals surface area contributed by atoms with Gasteiger partial charge in [-0.2, -0.15) is 5.10 Å². The van der Waals surface area contributed by atoms with Gasteiger partial charge in [0.05, 0.1) is 5.52 Å². The van der Waals surface area contributed by atoms with Gasteiger partial charge in [-0.25, -0.2) is 0 Å². The van der Waals surface area contributed by atoms with E-state index in [0.717, 1.165) is 10.9 Å². The van der Waals surface area contributed by atoms with Gasteiger partial charge in [0, 0.05) is 24.9 Å². The molecular weight excluding hydrogens is 340 g/mol. The number of amides is 2. The Balaban J connectivity index is 1.40. The summed E-state index contributed by atoms with van der Waals surface area (Å²) < 4.78 is 0. The maximum Gasteiger partial charge on any atom is 0.272 e. The monoisotopic (exact) mass is 364 g/mol. The Morgan fingerprint density at radius 3 is 2.63 bits per heavy atom. The highest BCUT2D eigenvalue weighted by Crippen LogP contribution is 2.14. The minimum Gasteiger partial charge on any atom is -0.354 e. The molecule has 0 radical (unpaired) electrons. The van der Waals surface area contributed by atoms with Crippen molar-refractivity contribution in [2.45, 2.75) is 26.7 Å². The van der Waals surface area contributed by atoms with Crippen molar-refractivity contribution in [1.29, 1.82) is 0 Å². The number of aromatic amines is 1. The molecule has 0 aliphatic carbocycles. The number of H-pyrrole nitrogens is 1. The Hall–Kier alpha value is -3.15. The van der Waals surface area contributed by atoms with Gasteiger partial charge >= 0.3 is 0 Å². The summed E-state index contributed by atoms with van der Waals surface area (Å²) >= 11 is 0. The van der Waals surface area contributed by atoms with E-state index < -0.39 is 0 Å². The second-order valence-electron chi connectivity index (χ2n) is 6.65. The van der Waals surface area contributed by atoms with Crippen LogP contribution in [0.15, 0.2) is 42.5 Å². The number of rotatable bonds is 7. The van der Waals surface area contributed by atoms with Crippen LogP contribution in [0.4, 0.5) is 0 Å². The normalized spacial score (nSPS) is 10.7. The molecule has 0 saturated heterocycles. The van der Waals surface area contributed by atoms with E-state index in [1.807, 2.05) is 24.3 Å². The molecule has 0 bridgehead atoms. The third-order valence-electron chi connectivity index (χ3n) is 4.54. The summed E-state index contributed by atoms with van der Waals surface area (Å²) in [7, 11) is 0. The second kappa shape index (κ2) is 8.49. The summed E-state index contributed by atoms with van der Waals surface area (Å²) in [5.41, 5.74) is 4.81. The lowest BCUT2D eigenvalue weighted by Gasteiger charge is -2.08. The van der Waals surface area contributed by atoms with Crippen LogP contribution in [0.2, 0.25) is 0 Å². The first-order valence-corrected chi connectivity index (χ1v) is 9.09. The van der Waals surface area contributed by atoms with Crippen molar-refractivity contribution in [3.05, 3.63) is 64.8 Å². The average molecular weight is 364 g/mol. The van der Waals surface area contributed by atoms with Crippen molar-refractivity contribution >= 4 is 22.7 Å². The van der Waals surface area contributed by atoms with Gasteiger partial charge in [-0.05, 0) is 37.5 Å². The standard InChI is InChI=1S/C21H24N4O2/c1-14-7-8-16(15(2)13-14)9-10-19(26)22-11-12-23-21(27)20-17-5-3-4-6-18(17)24-25-20/h3-8,13H,9-12H2,1-2H3,(H,22,26)(H,23,27)(H,24,25). The summed E-state index contributed by atoms with van der Waals surface area (Å²) in [6, 6.07) is 13.7. The molecule has 0 saturated carbocycles. The molecule has 2 amide bonds. The first kappa shape index (κ1) is 18.6. The van der Waals surface area contributed by atoms with Crippen LogP contribution in [-0.4, -0.2) is 35.1 Å². The van der Waals surface area contributed by atoms with Crippen LogP contribution >= 0.6 is 0 Å². The van der Waals surface area contributed by atoms with Crippen LogP contribution in [0.5, 0.6) is 0 Å². The number of carbonyl (C=O) groups excluding carboxylic acids is 2. The highest BCUT2D eigenvalue weighted by molar-refractivity contribution is 6.04. The molecule has 3 aromatic rings. The van der Waals surface area contributed by atoms with Crippen LogP contribution in [0.25, 0.3) is 10.9 Å². The molecular formula is C21H24N4O2. The highest BCUT2D eigenvalue weighted by Gasteiger charge is 2.13. The summed E-state index contributed by atoms with van der Waals surface area (Å²) in [5.74, 6) is -0.272. The van der Waals surface area contributed by atoms with Crippen LogP contribution in [0.3, 0.4) is 0 Å². The lowest BCUT2D eigenvalue weighted by Crippen LogP contribution is -2.35. The highest BCUT2D eigenvalue weighted by atomic mass is 16.2. The molecule has 0 aliphatic heterocycles. The quantitative estimate of drug-likeness (QED) is 0.563. The van der Waals surface area contributed by atoms with Crippen molar-refractivity contribution in [2.75, 3.05) is 13.1 Å². The summed E-state index contributed by atoms with van der Waals surface area (Å²) in [6.07, 6.45) is 1.14. The van der Waals surface area contributed by atoms with Crippen molar-refractivity contribution in [3.8, 4) is 0 Å². The molecule has 3 N–H and O–H groups in total. The molecule has 2 aromatic carbocycles. The minimum atomic E-state index is -0.253. The molecule has 0 spiro atoms. The van der Waals surface area contributed by atoms with Gasteiger partial charge < -0.3 is 10.6 Å². The first-order chi connectivity index (χ1) is 13.0. The van der Waals surface area contributed by atoms with E-state index in [0.29, 0.717) is 31.6 Å². The van der Waals surface area contributed by atoms with E-state index in [9.17, 15) is 9.59 Å². The molecule has 6 heteroatoms. The lowest BCUT2D eigenvalue weighted by molar-refractivity contribution is -0.121. The van der Waals surface area contributed by atoms with E-state index in [4.69, 9.17) is 0 Å². The topological polar surface area (TPSA) is 86.9 Å². The van der Waals surface area contributed by atoms with Crippen molar-refractivity contribution in [2.24, 2.45) is 0 Å². The third kappa shape index (κ3) is 4.73. The van der Waals surface area contributed by atoms with Crippen molar-refractivity contribution in [1.82, 2.24) is 20.8 Å². The van der Waals surface area contributed by atoms with Gasteiger partial charge in [-0.3, -0.25) is 14.7 Å². The molecule has 0 fully saturated rings. The fraction of sp³-hybridized carbons (Fsp3) is 0.286. The van der Waals surface area contributed by atoms with E-state index in [2.05, 4.69) is 52.9 Å². The maximum absolute atomic E-state index is 12.2. The Morgan fingerprint density at radius 1 is 1.04 bits per heavy atom. The number of carbonyl (C=O) groups is 2. The van der Waals surface area contributed by atoms with E-state index in [1.54, 1.807) is 0 Å². The summed E-state index contributed by atoms with van der Waals surface area (Å²) in [4.78, 5) is 24.2. The zero-order valence-electron chi connectivity index (χ0n) is 15.6. The van der Waals surface area contributed by atoms with Gasteiger partial charge in [0.25, 0.3) is 5.91 Å². The van der Waals surface area contributed by atoms with Gasteiger partial charge in [0.15, 0.2) is 5.69 Å². The second-order valence-corrected chi connectivity index (χ2v) is 6.65. The zero-order valence-corrected chi connectivity index (χ0v) is 15.6. The zero-order chi connectivity index (χ0) is 19.2. The van der Waals surface area contributed by atoms with Crippen LogP contribution in [-0.2, 0) is 11.2 Å². The molecule has 6 nitrogen and oxygen atoms in total. The summed E-state index contributed by atoms with van der Waals surface area (Å²) in [5, 5.41) is 13.3. The summed E-state index contributed by atoms with van der Waals surface area (Å²) in [6.45, 7) is 4.87. The molecule has 27 heavy (non-hydrogen) atoms. The molecule has 0 aliphatic rings. The largest absolute Gasteiger partial charge is 0.354 e. The Bertz CT molecular complexity index is 962. The maximum atomic E-state index is 12.2. The number of benzene rings is 2. The first-order valence-electron chi connectivity index (χ1n) is 9.09. The van der Waals surface area contributed by atoms with Crippen LogP contribution in [0.1, 0.15) is 33.6 Å². The predicted octanol–water partition coefficient (Wildman–Crippen LogP) is 2.66. The molecule has 0 atom stereocenters. The number of hydrogen-bond acceptors (Lipinski definition) is 3. The molecule has 1 aromatic heterocycles. The van der Waals surface area contributed by atoms with Gasteiger partial charge in [0.1, 0.15) is 0 Å². The number of nitrogens with one attached hydrogen (secondary N) is 3. The van der Waals surface area contributed by atoms with E-state index in [1.165, 1.54) is 16.7 Å². The van der Waals surface area contributed by atoms with Gasteiger partial charge in [-0.1, -0.05) is 42.0 Å². The number of aryl methyl sites for hydroxylation is 3. The van der Waals surface area contributed by atoms with Crippen molar-refractivity contribution < 1.29 is 9.59 Å². The lowest BCUT2D eigenvalue weighted by atomic mass is 10.0. The third-order valence-corrected chi connectivity index (χ3v) is 4.54. The SMILES string of the molecule is Cc1ccc(CCC(=O)NCCNC(=O)c2n[nH]c3ccccc23)c(C)c1. The Morgan fingerprint density at radius 2 is 1.81 bits per heavy atom. The minimum absolute atomic E-state index is 0.0190. The fourth-order valence-corrected chi connectivity index (χ4v) is 3.06. The van der Waals surface area contributed by atoms with E-state index >= 15 is 0 Å². The number of para-hydroxylation sites is 1. The molecule has 0 unspecified atom stereocenters. The van der Waals surface area contributed by atoms with Crippen LogP contribution in [0, 0.1) is 13.8 Å². The van der Waals surface area contributed by atoms with Gasteiger partial charge in [0.2, 0.25) is 5.91 Å². The van der Waals surface area contributed by atoms with Crippen LogP contribution < -0.4 is 10.6 Å². The molecule has 140 valence electrons. The van der Waals surface area contributed by atoms with Gasteiger partial charge in [-0.15, -0.1) is 0 Å². The Kier molecular flexibility index (Phi) is 5.86. The van der Waals surface area contributed by atoms with Crippen molar-refractivity contribution in [3.63, 3.8) is 0 Å². The fourth-order valence-electron chi connectivity index (χ4n) is 3.06. The number of aromatic nitrogens is 2. The number of nitrogens with zero attached hydrogens (tertiary/aromatic N) is 1. The number of fused-ring (bicyclic) bond motifs is 1. The average Bonchev–Trinajstić information content (AvgIpc) is 3.08. The molecule has 3 rings (SSSR count). The molecule has 1 heterocycles. The predicted molar refractivity (Wildman–Crippen MR) is 106 cm³/mol. The van der Waals surface area contributed by atoms with E-state index in [-0.39, 0.29) is 11.8 Å².